The molecule has 304 valence electrons. The van der Waals surface area contributed by atoms with Crippen LogP contribution in [0.4, 0.5) is 11.4 Å². The van der Waals surface area contributed by atoms with Crippen molar-refractivity contribution in [2.24, 2.45) is 0 Å². The molecule has 8 heteroatoms. The highest BCUT2D eigenvalue weighted by atomic mass is 16.5. The van der Waals surface area contributed by atoms with Crippen LogP contribution in [0.5, 0.6) is 11.5 Å². The van der Waals surface area contributed by atoms with Gasteiger partial charge in [0.1, 0.15) is 11.5 Å². The minimum atomic E-state index is 0.696. The first-order valence-electron chi connectivity index (χ1n) is 21.4. The third-order valence-electron chi connectivity index (χ3n) is 12.3. The summed E-state index contributed by atoms with van der Waals surface area (Å²) in [6, 6.07) is 64.3. The summed E-state index contributed by atoms with van der Waals surface area (Å²) in [4.78, 5) is 14.1. The van der Waals surface area contributed by atoms with E-state index in [1.54, 1.807) is 0 Å². The van der Waals surface area contributed by atoms with Gasteiger partial charge in [0, 0.05) is 77.2 Å². The maximum absolute atomic E-state index is 6.63. The lowest BCUT2D eigenvalue weighted by Crippen LogP contribution is -2.24. The Kier molecular flexibility index (Phi) is 8.57. The number of hydrogen-bond donors (Lipinski definition) is 0. The summed E-state index contributed by atoms with van der Waals surface area (Å²) in [6.45, 7) is 1.43. The molecule has 0 saturated heterocycles. The second-order valence-electron chi connectivity index (χ2n) is 16.5. The Hall–Kier alpha value is -8.23. The van der Waals surface area contributed by atoms with E-state index in [0.717, 1.165) is 63.6 Å². The standard InChI is InChI=1S/C55H43N7O/c1-57-34-54(38-25-27-39(28-26-38)61-50-21-7-3-17-45(50)46-18-4-8-22-51(46)61)59(36-57)40-13-11-15-43(31-40)63-44-16-12-14-41(32-44)60-37-58(2)35-55(60)49-30-29-42(33-56-49)62-52-23-9-5-19-47(52)48-20-6-10-24-53(48)62/h3-35H,36-37H2,1-2H3. The van der Waals surface area contributed by atoms with Gasteiger partial charge in [-0.1, -0.05) is 97.1 Å². The zero-order chi connectivity index (χ0) is 42.0. The van der Waals surface area contributed by atoms with Crippen LogP contribution in [-0.4, -0.2) is 51.4 Å². The molecule has 0 aliphatic carbocycles. The number of aromatic nitrogens is 3. The van der Waals surface area contributed by atoms with Crippen LogP contribution in [-0.2, 0) is 0 Å². The fraction of sp³-hybridized carbons (Fsp3) is 0.0727. The smallest absolute Gasteiger partial charge is 0.129 e. The molecule has 2 aliphatic rings. The van der Waals surface area contributed by atoms with Gasteiger partial charge in [0.05, 0.1) is 64.4 Å². The second-order valence-corrected chi connectivity index (χ2v) is 16.5. The van der Waals surface area contributed by atoms with Gasteiger partial charge in [0.15, 0.2) is 0 Å². The summed E-state index contributed by atoms with van der Waals surface area (Å²) >= 11 is 0. The van der Waals surface area contributed by atoms with Gasteiger partial charge in [-0.3, -0.25) is 4.98 Å². The largest absolute Gasteiger partial charge is 0.457 e. The second kappa shape index (κ2) is 14.7. The number of benzene rings is 7. The van der Waals surface area contributed by atoms with E-state index >= 15 is 0 Å². The van der Waals surface area contributed by atoms with Gasteiger partial charge in [-0.05, 0) is 78.4 Å². The van der Waals surface area contributed by atoms with Crippen molar-refractivity contribution in [1.29, 1.82) is 0 Å². The minimum Gasteiger partial charge on any atom is -0.457 e. The van der Waals surface area contributed by atoms with Crippen molar-refractivity contribution in [3.63, 3.8) is 0 Å². The van der Waals surface area contributed by atoms with Crippen LogP contribution in [0.2, 0.25) is 0 Å². The zero-order valence-corrected chi connectivity index (χ0v) is 35.0. The van der Waals surface area contributed by atoms with Crippen LogP contribution >= 0.6 is 0 Å². The third kappa shape index (κ3) is 6.26. The number of pyridine rings is 1. The van der Waals surface area contributed by atoms with Crippen molar-refractivity contribution < 1.29 is 4.74 Å². The topological polar surface area (TPSA) is 44.9 Å². The highest BCUT2D eigenvalue weighted by Crippen LogP contribution is 2.39. The number of hydrogen-bond acceptors (Lipinski definition) is 6. The Bertz CT molecular complexity index is 3100. The summed E-state index contributed by atoms with van der Waals surface area (Å²) < 4.78 is 11.3. The van der Waals surface area contributed by atoms with E-state index in [9.17, 15) is 0 Å². The quantitative estimate of drug-likeness (QED) is 0.152. The molecule has 0 N–H and O–H groups in total. The molecule has 12 rings (SSSR count). The van der Waals surface area contributed by atoms with Gasteiger partial charge >= 0.3 is 0 Å². The summed E-state index contributed by atoms with van der Waals surface area (Å²) in [6.07, 6.45) is 6.37. The molecular weight excluding hydrogens is 775 g/mol. The Morgan fingerprint density at radius 2 is 0.857 bits per heavy atom. The van der Waals surface area contributed by atoms with Crippen LogP contribution < -0.4 is 14.5 Å². The van der Waals surface area contributed by atoms with E-state index in [-0.39, 0.29) is 0 Å². The first kappa shape index (κ1) is 36.6. The van der Waals surface area contributed by atoms with Crippen molar-refractivity contribution in [2.45, 2.75) is 0 Å². The maximum atomic E-state index is 6.63. The van der Waals surface area contributed by atoms with Crippen molar-refractivity contribution in [2.75, 3.05) is 37.2 Å². The van der Waals surface area contributed by atoms with Crippen LogP contribution in [0.15, 0.2) is 201 Å². The van der Waals surface area contributed by atoms with E-state index < -0.39 is 0 Å². The average Bonchev–Trinajstić information content (AvgIpc) is 4.10. The number of para-hydroxylation sites is 4. The van der Waals surface area contributed by atoms with Gasteiger partial charge in [-0.2, -0.15) is 0 Å². The predicted octanol–water partition coefficient (Wildman–Crippen LogP) is 12.5. The molecule has 2 aliphatic heterocycles. The monoisotopic (exact) mass is 817 g/mol. The molecule has 0 radical (unpaired) electrons. The van der Waals surface area contributed by atoms with Crippen molar-refractivity contribution in [1.82, 2.24) is 23.9 Å². The molecule has 0 amide bonds. The molecule has 0 fully saturated rings. The molecule has 0 unspecified atom stereocenters. The Balaban J connectivity index is 0.791. The van der Waals surface area contributed by atoms with Gasteiger partial charge < -0.3 is 33.5 Å². The summed E-state index contributed by atoms with van der Waals surface area (Å²) in [7, 11) is 4.21. The number of fused-ring (bicyclic) bond motifs is 6. The molecule has 0 spiro atoms. The summed E-state index contributed by atoms with van der Waals surface area (Å²) in [5, 5.41) is 5.00. The Labute approximate surface area is 365 Å². The highest BCUT2D eigenvalue weighted by molar-refractivity contribution is 6.10. The molecule has 0 bridgehead atoms. The van der Waals surface area contributed by atoms with Gasteiger partial charge in [-0.15, -0.1) is 0 Å². The minimum absolute atomic E-state index is 0.696. The molecule has 8 nitrogen and oxygen atoms in total. The number of rotatable bonds is 8. The molecular formula is C55H43N7O. The fourth-order valence-electron chi connectivity index (χ4n) is 9.53. The van der Waals surface area contributed by atoms with E-state index in [2.05, 4.69) is 225 Å². The molecule has 3 aromatic heterocycles. The fourth-order valence-corrected chi connectivity index (χ4v) is 9.53. The van der Waals surface area contributed by atoms with Gasteiger partial charge in [-0.25, -0.2) is 0 Å². The number of ether oxygens (including phenoxy) is 1. The lowest BCUT2D eigenvalue weighted by atomic mass is 10.1. The molecule has 10 aromatic rings. The molecule has 0 saturated carbocycles. The third-order valence-corrected chi connectivity index (χ3v) is 12.3. The Morgan fingerprint density at radius 1 is 0.413 bits per heavy atom. The van der Waals surface area contributed by atoms with E-state index in [0.29, 0.717) is 6.67 Å². The molecule has 63 heavy (non-hydrogen) atoms. The normalized spacial score (nSPS) is 14.1. The highest BCUT2D eigenvalue weighted by Gasteiger charge is 2.25. The molecule has 0 atom stereocenters. The molecule has 5 heterocycles. The lowest BCUT2D eigenvalue weighted by molar-refractivity contribution is 0.479. The van der Waals surface area contributed by atoms with Crippen molar-refractivity contribution in [3.05, 3.63) is 212 Å². The summed E-state index contributed by atoms with van der Waals surface area (Å²) in [5.74, 6) is 1.54. The van der Waals surface area contributed by atoms with E-state index in [1.807, 2.05) is 18.3 Å². The summed E-state index contributed by atoms with van der Waals surface area (Å²) in [5.41, 5.74) is 13.2. The van der Waals surface area contributed by atoms with Crippen LogP contribution in [0, 0.1) is 0 Å². The maximum Gasteiger partial charge on any atom is 0.129 e. The first-order chi connectivity index (χ1) is 31.0. The van der Waals surface area contributed by atoms with Crippen molar-refractivity contribution >= 4 is 66.4 Å². The number of nitrogens with zero attached hydrogens (tertiary/aromatic N) is 7. The number of anilines is 2. The zero-order valence-electron chi connectivity index (χ0n) is 35.0. The van der Waals surface area contributed by atoms with Crippen LogP contribution in [0.25, 0.3) is 66.4 Å². The predicted molar refractivity (Wildman–Crippen MR) is 258 cm³/mol. The van der Waals surface area contributed by atoms with Crippen LogP contribution in [0.3, 0.4) is 0 Å². The van der Waals surface area contributed by atoms with Gasteiger partial charge in [0.2, 0.25) is 0 Å². The van der Waals surface area contributed by atoms with Gasteiger partial charge in [0.25, 0.3) is 0 Å². The SMILES string of the molecule is CN1C=C(c2ccc(-n3c4ccccc4c4ccccc43)cc2)N(c2cccc(Oc3cccc(N4CN(C)C=C4c4ccc(-n5c6ccccc6c6ccccc65)cn4)c3)c2)C1. The van der Waals surface area contributed by atoms with E-state index in [4.69, 9.17) is 9.72 Å². The first-order valence-corrected chi connectivity index (χ1v) is 21.4. The lowest BCUT2D eigenvalue weighted by Gasteiger charge is -2.24. The Morgan fingerprint density at radius 3 is 1.35 bits per heavy atom. The van der Waals surface area contributed by atoms with Crippen LogP contribution in [0.1, 0.15) is 11.3 Å². The van der Waals surface area contributed by atoms with E-state index in [1.165, 1.54) is 43.6 Å². The van der Waals surface area contributed by atoms with Crippen molar-refractivity contribution in [3.8, 4) is 22.9 Å². The molecule has 7 aromatic carbocycles. The average molecular weight is 818 g/mol.